The van der Waals surface area contributed by atoms with Crippen LogP contribution in [0.15, 0.2) is 24.3 Å². The Labute approximate surface area is 123 Å². The topological polar surface area (TPSA) is 77.9 Å². The van der Waals surface area contributed by atoms with Crippen LogP contribution in [0.1, 0.15) is 12.5 Å². The number of likely N-dealkylation sites (N-methyl/N-ethyl adjacent to an activating group) is 1. The average molecular weight is 290 g/mol. The summed E-state index contributed by atoms with van der Waals surface area (Å²) in [4.78, 5) is 37.5. The molecule has 1 heterocycles. The zero-order chi connectivity index (χ0) is 15.6. The Kier molecular flexibility index (Phi) is 4.26. The zero-order valence-electron chi connectivity index (χ0n) is 12.1. The Morgan fingerprint density at radius 2 is 2.00 bits per heavy atom. The van der Waals surface area contributed by atoms with Crippen LogP contribution in [0.2, 0.25) is 0 Å². The van der Waals surface area contributed by atoms with Crippen molar-refractivity contribution in [3.8, 4) is 0 Å². The first-order valence-corrected chi connectivity index (χ1v) is 6.74. The molecule has 1 aliphatic heterocycles. The molecule has 1 atom stereocenters. The lowest BCUT2D eigenvalue weighted by Crippen LogP contribution is -2.52. The molecule has 1 fully saturated rings. The first-order valence-electron chi connectivity index (χ1n) is 6.74. The summed E-state index contributed by atoms with van der Waals surface area (Å²) >= 11 is 0. The number of anilines is 1. The number of benzene rings is 1. The van der Waals surface area contributed by atoms with Gasteiger partial charge in [0.2, 0.25) is 11.8 Å². The quantitative estimate of drug-likeness (QED) is 0.888. The minimum absolute atomic E-state index is 0.0211. The van der Waals surface area contributed by atoms with E-state index in [1.54, 1.807) is 32.2 Å². The molecule has 0 spiro atoms. The highest BCUT2D eigenvalue weighted by molar-refractivity contribution is 6.04. The van der Waals surface area contributed by atoms with Gasteiger partial charge in [-0.3, -0.25) is 14.4 Å². The van der Waals surface area contributed by atoms with Crippen molar-refractivity contribution in [2.45, 2.75) is 13.3 Å². The second-order valence-corrected chi connectivity index (χ2v) is 5.34. The Balaban J connectivity index is 2.19. The second-order valence-electron chi connectivity index (χ2n) is 5.34. The van der Waals surface area contributed by atoms with E-state index >= 15 is 0 Å². The van der Waals surface area contributed by atoms with Gasteiger partial charge in [0.1, 0.15) is 6.54 Å². The molecule has 1 aliphatic rings. The van der Waals surface area contributed by atoms with E-state index in [2.05, 4.69) is 0 Å². The lowest BCUT2D eigenvalue weighted by atomic mass is 10.0. The van der Waals surface area contributed by atoms with Gasteiger partial charge in [0, 0.05) is 12.7 Å². The number of nitrogens with zero attached hydrogens (tertiary/aromatic N) is 2. The van der Waals surface area contributed by atoms with Crippen molar-refractivity contribution in [2.24, 2.45) is 5.92 Å². The molecule has 0 aromatic heterocycles. The highest BCUT2D eigenvalue weighted by atomic mass is 16.4. The van der Waals surface area contributed by atoms with Gasteiger partial charge in [0.05, 0.1) is 12.5 Å². The Hall–Kier alpha value is -2.37. The lowest BCUT2D eigenvalue weighted by Gasteiger charge is -2.31. The first kappa shape index (κ1) is 15.0. The van der Waals surface area contributed by atoms with E-state index in [0.29, 0.717) is 12.1 Å². The molecule has 1 aromatic rings. The molecule has 6 nitrogen and oxygen atoms in total. The summed E-state index contributed by atoms with van der Waals surface area (Å²) in [7, 11) is 1.60. The van der Waals surface area contributed by atoms with Gasteiger partial charge in [0.15, 0.2) is 0 Å². The van der Waals surface area contributed by atoms with Crippen LogP contribution in [0.4, 0.5) is 5.69 Å². The van der Waals surface area contributed by atoms with Gasteiger partial charge in [-0.15, -0.1) is 0 Å². The highest BCUT2D eigenvalue weighted by Gasteiger charge is 2.28. The molecule has 0 bridgehead atoms. The van der Waals surface area contributed by atoms with Crippen LogP contribution in [-0.2, 0) is 20.8 Å². The molecule has 21 heavy (non-hydrogen) atoms. The van der Waals surface area contributed by atoms with Crippen LogP contribution in [-0.4, -0.2) is 47.9 Å². The Morgan fingerprint density at radius 1 is 1.29 bits per heavy atom. The van der Waals surface area contributed by atoms with E-state index in [0.717, 1.165) is 5.56 Å². The summed E-state index contributed by atoms with van der Waals surface area (Å²) < 4.78 is 0. The Bertz CT molecular complexity index is 585. The summed E-state index contributed by atoms with van der Waals surface area (Å²) in [5.74, 6) is -1.60. The van der Waals surface area contributed by atoms with Gasteiger partial charge in [0.25, 0.3) is 0 Å². The summed E-state index contributed by atoms with van der Waals surface area (Å²) in [5, 5.41) is 8.95. The van der Waals surface area contributed by atoms with Crippen molar-refractivity contribution in [3.05, 3.63) is 29.8 Å². The summed E-state index contributed by atoms with van der Waals surface area (Å²) in [5.41, 5.74) is 1.47. The third kappa shape index (κ3) is 3.39. The highest BCUT2D eigenvalue weighted by Crippen LogP contribution is 2.20. The number of carbonyl (C=O) groups excluding carboxylic acids is 2. The van der Waals surface area contributed by atoms with E-state index in [4.69, 9.17) is 5.11 Å². The fraction of sp³-hybridized carbons (Fsp3) is 0.400. The molecule has 2 rings (SSSR count). The van der Waals surface area contributed by atoms with Crippen LogP contribution >= 0.6 is 0 Å². The maximum absolute atomic E-state index is 12.0. The van der Waals surface area contributed by atoms with Gasteiger partial charge >= 0.3 is 5.97 Å². The van der Waals surface area contributed by atoms with Crippen LogP contribution in [0.3, 0.4) is 0 Å². The van der Waals surface area contributed by atoms with E-state index < -0.39 is 11.9 Å². The van der Waals surface area contributed by atoms with E-state index in [1.165, 1.54) is 9.80 Å². The van der Waals surface area contributed by atoms with Crippen molar-refractivity contribution in [2.75, 3.05) is 25.0 Å². The number of hydrogen-bond acceptors (Lipinski definition) is 3. The predicted octanol–water partition coefficient (Wildman–Crippen LogP) is 0.755. The van der Waals surface area contributed by atoms with Gasteiger partial charge in [-0.2, -0.15) is 0 Å². The Morgan fingerprint density at radius 3 is 2.67 bits per heavy atom. The molecule has 1 saturated heterocycles. The van der Waals surface area contributed by atoms with Crippen molar-refractivity contribution < 1.29 is 19.5 Å². The standard InChI is InChI=1S/C15H18N2O4/c1-10(15(20)21)6-11-4-3-5-12(7-11)17-9-13(18)16(2)8-14(17)19/h3-5,7,10H,6,8-9H2,1-2H3,(H,20,21). The van der Waals surface area contributed by atoms with Gasteiger partial charge in [-0.05, 0) is 24.1 Å². The molecule has 1 aromatic carbocycles. The molecule has 1 N–H and O–H groups in total. The molecule has 0 aliphatic carbocycles. The number of hydrogen-bond donors (Lipinski definition) is 1. The maximum atomic E-state index is 12.0. The van der Waals surface area contributed by atoms with Crippen LogP contribution in [0.25, 0.3) is 0 Å². The monoisotopic (exact) mass is 290 g/mol. The molecule has 6 heteroatoms. The van der Waals surface area contributed by atoms with Gasteiger partial charge in [-0.25, -0.2) is 0 Å². The lowest BCUT2D eigenvalue weighted by molar-refractivity contribution is -0.141. The third-order valence-electron chi connectivity index (χ3n) is 3.58. The largest absolute Gasteiger partial charge is 0.481 e. The first-order chi connectivity index (χ1) is 9.88. The number of rotatable bonds is 4. The average Bonchev–Trinajstić information content (AvgIpc) is 2.43. The number of carbonyl (C=O) groups is 3. The summed E-state index contributed by atoms with van der Waals surface area (Å²) in [6, 6.07) is 7.13. The number of amides is 2. The van der Waals surface area contributed by atoms with E-state index in [-0.39, 0.29) is 24.9 Å². The van der Waals surface area contributed by atoms with Crippen LogP contribution in [0, 0.1) is 5.92 Å². The molecule has 1 unspecified atom stereocenters. The fourth-order valence-electron chi connectivity index (χ4n) is 2.25. The van der Waals surface area contributed by atoms with E-state index in [1.807, 2.05) is 6.07 Å². The number of carboxylic acid groups (broad SMARTS) is 1. The predicted molar refractivity (Wildman–Crippen MR) is 76.9 cm³/mol. The fourth-order valence-corrected chi connectivity index (χ4v) is 2.25. The minimum Gasteiger partial charge on any atom is -0.481 e. The molecule has 0 saturated carbocycles. The third-order valence-corrected chi connectivity index (χ3v) is 3.58. The van der Waals surface area contributed by atoms with Crippen LogP contribution in [0.5, 0.6) is 0 Å². The summed E-state index contributed by atoms with van der Waals surface area (Å²) in [6.07, 6.45) is 0.388. The number of aliphatic carboxylic acids is 1. The minimum atomic E-state index is -0.855. The van der Waals surface area contributed by atoms with Crippen molar-refractivity contribution in [1.29, 1.82) is 0 Å². The van der Waals surface area contributed by atoms with Crippen molar-refractivity contribution in [3.63, 3.8) is 0 Å². The molecule has 2 amide bonds. The normalized spacial score (nSPS) is 17.0. The number of piperazine rings is 1. The van der Waals surface area contributed by atoms with Gasteiger partial charge < -0.3 is 14.9 Å². The van der Waals surface area contributed by atoms with Crippen LogP contribution < -0.4 is 4.90 Å². The SMILES string of the molecule is CC(Cc1cccc(N2CC(=O)N(C)CC2=O)c1)C(=O)O. The van der Waals surface area contributed by atoms with Crippen molar-refractivity contribution in [1.82, 2.24) is 4.90 Å². The van der Waals surface area contributed by atoms with Gasteiger partial charge in [-0.1, -0.05) is 19.1 Å². The molecule has 112 valence electrons. The van der Waals surface area contributed by atoms with E-state index in [9.17, 15) is 14.4 Å². The smallest absolute Gasteiger partial charge is 0.306 e. The molecular weight excluding hydrogens is 272 g/mol. The maximum Gasteiger partial charge on any atom is 0.306 e. The zero-order valence-corrected chi connectivity index (χ0v) is 12.1. The summed E-state index contributed by atoms with van der Waals surface area (Å²) in [6.45, 7) is 1.72. The van der Waals surface area contributed by atoms with Crippen molar-refractivity contribution >= 4 is 23.5 Å². The molecular formula is C15H18N2O4. The molecule has 0 radical (unpaired) electrons. The number of carboxylic acids is 1. The second kappa shape index (κ2) is 5.95.